The molecule has 0 radical (unpaired) electrons. The second-order valence-electron chi connectivity index (χ2n) is 4.35. The first kappa shape index (κ1) is 15.9. The molecule has 0 spiro atoms. The molecule has 1 amide bonds. The number of carbonyl (C=O) groups excluding carboxylic acids is 1. The fourth-order valence-corrected chi connectivity index (χ4v) is 2.53. The minimum Gasteiger partial charge on any atom is -0.444 e. The third-order valence-corrected chi connectivity index (χ3v) is 3.68. The number of sulfonamides is 1. The topological polar surface area (TPSA) is 98.5 Å². The molecular formula is C14H13FN2O4S. The molecule has 0 fully saturated rings. The highest BCUT2D eigenvalue weighted by molar-refractivity contribution is 7.89. The van der Waals surface area contributed by atoms with Crippen LogP contribution in [0.3, 0.4) is 0 Å². The lowest BCUT2D eigenvalue weighted by Gasteiger charge is -2.10. The lowest BCUT2D eigenvalue weighted by Crippen LogP contribution is -2.20. The van der Waals surface area contributed by atoms with Gasteiger partial charge >= 0.3 is 6.09 Å². The van der Waals surface area contributed by atoms with Crippen molar-refractivity contribution in [3.63, 3.8) is 0 Å². The van der Waals surface area contributed by atoms with Gasteiger partial charge in [-0.25, -0.2) is 22.7 Å². The van der Waals surface area contributed by atoms with Crippen LogP contribution in [0.25, 0.3) is 0 Å². The molecule has 0 unspecified atom stereocenters. The number of nitrogens with one attached hydrogen (secondary N) is 1. The van der Waals surface area contributed by atoms with Gasteiger partial charge in [0.05, 0.1) is 5.69 Å². The fourth-order valence-electron chi connectivity index (χ4n) is 1.77. The summed E-state index contributed by atoms with van der Waals surface area (Å²) in [6, 6.07) is 12.3. The van der Waals surface area contributed by atoms with E-state index in [1.165, 1.54) is 12.1 Å². The Morgan fingerprint density at radius 2 is 1.82 bits per heavy atom. The van der Waals surface area contributed by atoms with E-state index in [0.29, 0.717) is 0 Å². The van der Waals surface area contributed by atoms with Crippen LogP contribution in [0, 0.1) is 5.82 Å². The number of carbonyl (C=O) groups is 1. The van der Waals surface area contributed by atoms with Crippen molar-refractivity contribution in [2.24, 2.45) is 5.14 Å². The molecule has 0 aromatic heterocycles. The average Bonchev–Trinajstić information content (AvgIpc) is 2.45. The number of rotatable bonds is 4. The monoisotopic (exact) mass is 324 g/mol. The van der Waals surface area contributed by atoms with Crippen molar-refractivity contribution in [2.75, 3.05) is 5.32 Å². The fraction of sp³-hybridized carbons (Fsp3) is 0.0714. The van der Waals surface area contributed by atoms with Crippen molar-refractivity contribution in [3.8, 4) is 0 Å². The largest absolute Gasteiger partial charge is 0.444 e. The molecule has 22 heavy (non-hydrogen) atoms. The van der Waals surface area contributed by atoms with Gasteiger partial charge in [0.2, 0.25) is 10.0 Å². The molecule has 8 heteroatoms. The van der Waals surface area contributed by atoms with E-state index in [2.05, 4.69) is 5.32 Å². The van der Waals surface area contributed by atoms with Gasteiger partial charge < -0.3 is 4.74 Å². The Morgan fingerprint density at radius 3 is 2.45 bits per heavy atom. The first-order valence-corrected chi connectivity index (χ1v) is 7.71. The summed E-state index contributed by atoms with van der Waals surface area (Å²) in [6.45, 7) is -0.00724. The Bertz CT molecular complexity index is 779. The molecule has 0 aliphatic rings. The maximum Gasteiger partial charge on any atom is 0.411 e. The van der Waals surface area contributed by atoms with Gasteiger partial charge in [0.1, 0.15) is 17.3 Å². The zero-order chi connectivity index (χ0) is 16.2. The summed E-state index contributed by atoms with van der Waals surface area (Å²) in [5.41, 5.74) is 0.476. The van der Waals surface area contributed by atoms with E-state index in [-0.39, 0.29) is 12.3 Å². The van der Waals surface area contributed by atoms with E-state index in [1.807, 2.05) is 6.07 Å². The second kappa shape index (κ2) is 6.54. The molecule has 2 aromatic rings. The van der Waals surface area contributed by atoms with Crippen LogP contribution in [0.2, 0.25) is 0 Å². The summed E-state index contributed by atoms with van der Waals surface area (Å²) >= 11 is 0. The van der Waals surface area contributed by atoms with Gasteiger partial charge in [0, 0.05) is 0 Å². The highest BCUT2D eigenvalue weighted by atomic mass is 32.2. The Kier molecular flexibility index (Phi) is 4.74. The van der Waals surface area contributed by atoms with Crippen LogP contribution in [-0.4, -0.2) is 14.5 Å². The smallest absolute Gasteiger partial charge is 0.411 e. The average molecular weight is 324 g/mol. The summed E-state index contributed by atoms with van der Waals surface area (Å²) in [7, 11) is -4.32. The van der Waals surface area contributed by atoms with Gasteiger partial charge in [-0.1, -0.05) is 36.4 Å². The molecule has 2 aromatic carbocycles. The number of nitrogens with two attached hydrogens (primary N) is 1. The summed E-state index contributed by atoms with van der Waals surface area (Å²) in [6.07, 6.45) is -0.917. The number of primary sulfonamides is 1. The molecule has 0 saturated carbocycles. The molecule has 6 nitrogen and oxygen atoms in total. The summed E-state index contributed by atoms with van der Waals surface area (Å²) in [5, 5.41) is 7.11. The quantitative estimate of drug-likeness (QED) is 0.901. The van der Waals surface area contributed by atoms with E-state index in [1.54, 1.807) is 24.3 Å². The van der Waals surface area contributed by atoms with E-state index in [0.717, 1.165) is 11.6 Å². The molecular weight excluding hydrogens is 311 g/mol. The number of hydrogen-bond acceptors (Lipinski definition) is 4. The van der Waals surface area contributed by atoms with Gasteiger partial charge in [0.25, 0.3) is 0 Å². The minimum atomic E-state index is -4.32. The van der Waals surface area contributed by atoms with Gasteiger partial charge in [0.15, 0.2) is 0 Å². The summed E-state index contributed by atoms with van der Waals surface area (Å²) < 4.78 is 41.3. The van der Waals surface area contributed by atoms with E-state index >= 15 is 0 Å². The third kappa shape index (κ3) is 4.03. The van der Waals surface area contributed by atoms with Crippen molar-refractivity contribution in [1.29, 1.82) is 0 Å². The number of amides is 1. The number of anilines is 1. The van der Waals surface area contributed by atoms with Crippen LogP contribution < -0.4 is 10.5 Å². The Morgan fingerprint density at radius 1 is 1.14 bits per heavy atom. The van der Waals surface area contributed by atoms with Crippen LogP contribution in [0.5, 0.6) is 0 Å². The molecule has 0 bridgehead atoms. The van der Waals surface area contributed by atoms with Crippen LogP contribution in [-0.2, 0) is 21.4 Å². The van der Waals surface area contributed by atoms with Crippen LogP contribution >= 0.6 is 0 Å². The number of benzene rings is 2. The predicted molar refractivity (Wildman–Crippen MR) is 78.0 cm³/mol. The first-order chi connectivity index (χ1) is 10.4. The summed E-state index contributed by atoms with van der Waals surface area (Å²) in [4.78, 5) is 10.9. The molecule has 0 atom stereocenters. The molecule has 0 aliphatic heterocycles. The molecule has 3 N–H and O–H groups in total. The van der Waals surface area contributed by atoms with Crippen LogP contribution in [0.4, 0.5) is 14.9 Å². The highest BCUT2D eigenvalue weighted by Gasteiger charge is 2.21. The van der Waals surface area contributed by atoms with E-state index < -0.39 is 26.8 Å². The predicted octanol–water partition coefficient (Wildman–Crippen LogP) is 2.22. The molecule has 0 saturated heterocycles. The second-order valence-corrected chi connectivity index (χ2v) is 5.85. The number of hydrogen-bond donors (Lipinski definition) is 2. The maximum absolute atomic E-state index is 13.6. The first-order valence-electron chi connectivity index (χ1n) is 6.17. The van der Waals surface area contributed by atoms with Crippen molar-refractivity contribution in [2.45, 2.75) is 11.5 Å². The van der Waals surface area contributed by atoms with Crippen LogP contribution in [0.1, 0.15) is 5.56 Å². The molecule has 0 aliphatic carbocycles. The highest BCUT2D eigenvalue weighted by Crippen LogP contribution is 2.23. The Labute approximate surface area is 126 Å². The maximum atomic E-state index is 13.6. The summed E-state index contributed by atoms with van der Waals surface area (Å²) in [5.74, 6) is -1.05. The van der Waals surface area contributed by atoms with E-state index in [9.17, 15) is 17.6 Å². The molecule has 0 heterocycles. The van der Waals surface area contributed by atoms with Crippen molar-refractivity contribution >= 4 is 21.8 Å². The SMILES string of the molecule is NS(=O)(=O)c1c(F)cccc1NC(=O)OCc1ccccc1. The van der Waals surface area contributed by atoms with E-state index in [4.69, 9.17) is 9.88 Å². The minimum absolute atomic E-state index is 0.00724. The van der Waals surface area contributed by atoms with Gasteiger partial charge in [-0.15, -0.1) is 0 Å². The van der Waals surface area contributed by atoms with Crippen molar-refractivity contribution in [3.05, 3.63) is 59.9 Å². The van der Waals surface area contributed by atoms with Crippen molar-refractivity contribution < 1.29 is 22.3 Å². The lowest BCUT2D eigenvalue weighted by molar-refractivity contribution is 0.155. The van der Waals surface area contributed by atoms with Crippen molar-refractivity contribution in [1.82, 2.24) is 0 Å². The normalized spacial score (nSPS) is 11.0. The van der Waals surface area contributed by atoms with Crippen LogP contribution in [0.15, 0.2) is 53.4 Å². The number of ether oxygens (including phenoxy) is 1. The lowest BCUT2D eigenvalue weighted by atomic mass is 10.2. The zero-order valence-corrected chi connectivity index (χ0v) is 12.1. The molecule has 2 rings (SSSR count). The van der Waals surface area contributed by atoms with Gasteiger partial charge in [-0.3, -0.25) is 5.32 Å². The van der Waals surface area contributed by atoms with Gasteiger partial charge in [-0.2, -0.15) is 0 Å². The third-order valence-electron chi connectivity index (χ3n) is 2.70. The zero-order valence-electron chi connectivity index (χ0n) is 11.3. The molecule has 116 valence electrons. The van der Waals surface area contributed by atoms with Gasteiger partial charge in [-0.05, 0) is 17.7 Å². The Hall–Kier alpha value is -2.45. The number of halogens is 1. The standard InChI is InChI=1S/C14H13FN2O4S/c15-11-7-4-8-12(13(11)22(16,19)20)17-14(18)21-9-10-5-2-1-3-6-10/h1-8H,9H2,(H,17,18)(H2,16,19,20). The Balaban J connectivity index is 2.11.